The predicted molar refractivity (Wildman–Crippen MR) is 155 cm³/mol. The van der Waals surface area contributed by atoms with Crippen LogP contribution in [-0.4, -0.2) is 28.4 Å². The number of fused-ring (bicyclic) bond motifs is 2. The molecule has 1 heterocycles. The van der Waals surface area contributed by atoms with Gasteiger partial charge in [-0.3, -0.25) is 14.9 Å². The molecule has 0 radical (unpaired) electrons. The molecule has 3 aromatic carbocycles. The summed E-state index contributed by atoms with van der Waals surface area (Å²) >= 11 is 0. The van der Waals surface area contributed by atoms with Crippen molar-refractivity contribution in [1.29, 1.82) is 0 Å². The van der Waals surface area contributed by atoms with Crippen LogP contribution in [0.3, 0.4) is 0 Å². The topological polar surface area (TPSA) is 111 Å². The molecular weight excluding hydrogens is 506 g/mol. The zero-order valence-electron chi connectivity index (χ0n) is 22.6. The minimum atomic E-state index is -0.611. The van der Waals surface area contributed by atoms with E-state index in [9.17, 15) is 19.7 Å². The standard InChI is InChI=1S/C32H29N3O5/c1-32(2,3)22-14-11-20(12-15-22)17-21-13-16-26-29(25-9-4-5-10-27(25)34-30(21)26)31(37)40-19-28(36)33-23-7-6-8-24(18-23)35(38)39/h4-12,14-15,17-18H,13,16,19H2,1-3H3,(H,33,36)/b21-17+. The van der Waals surface area contributed by atoms with Crippen molar-refractivity contribution in [3.05, 3.63) is 111 Å². The highest BCUT2D eigenvalue weighted by Crippen LogP contribution is 2.38. The number of aromatic nitrogens is 1. The largest absolute Gasteiger partial charge is 0.452 e. The second kappa shape index (κ2) is 10.7. The van der Waals surface area contributed by atoms with E-state index in [0.717, 1.165) is 28.8 Å². The lowest BCUT2D eigenvalue weighted by atomic mass is 9.86. The molecule has 1 aliphatic rings. The number of ether oxygens (including phenoxy) is 1. The third-order valence-corrected chi connectivity index (χ3v) is 6.94. The highest BCUT2D eigenvalue weighted by atomic mass is 16.6. The second-order valence-corrected chi connectivity index (χ2v) is 10.8. The van der Waals surface area contributed by atoms with E-state index in [2.05, 4.69) is 56.4 Å². The number of carbonyl (C=O) groups excluding carboxylic acids is 2. The van der Waals surface area contributed by atoms with E-state index in [-0.39, 0.29) is 16.8 Å². The highest BCUT2D eigenvalue weighted by Gasteiger charge is 2.28. The number of amides is 1. The van der Waals surface area contributed by atoms with Crippen LogP contribution in [-0.2, 0) is 21.4 Å². The molecule has 0 spiro atoms. The fourth-order valence-electron chi connectivity index (χ4n) is 4.89. The average molecular weight is 536 g/mol. The first kappa shape index (κ1) is 26.7. The summed E-state index contributed by atoms with van der Waals surface area (Å²) in [5, 5.41) is 14.2. The Bertz CT molecular complexity index is 1670. The summed E-state index contributed by atoms with van der Waals surface area (Å²) in [7, 11) is 0. The number of para-hydroxylation sites is 1. The molecule has 8 nitrogen and oxygen atoms in total. The van der Waals surface area contributed by atoms with Gasteiger partial charge in [0.15, 0.2) is 6.61 Å². The van der Waals surface area contributed by atoms with Crippen molar-refractivity contribution in [1.82, 2.24) is 4.98 Å². The maximum atomic E-state index is 13.4. The first-order valence-electron chi connectivity index (χ1n) is 13.0. The molecule has 4 aromatic rings. The Morgan fingerprint density at radius 2 is 1.77 bits per heavy atom. The molecule has 0 unspecified atom stereocenters. The van der Waals surface area contributed by atoms with Gasteiger partial charge in [-0.2, -0.15) is 0 Å². The van der Waals surface area contributed by atoms with E-state index in [4.69, 9.17) is 9.72 Å². The van der Waals surface area contributed by atoms with Crippen molar-refractivity contribution in [3.8, 4) is 0 Å². The van der Waals surface area contributed by atoms with Gasteiger partial charge >= 0.3 is 5.97 Å². The summed E-state index contributed by atoms with van der Waals surface area (Å²) in [4.78, 5) is 41.2. The molecule has 0 aliphatic heterocycles. The molecule has 0 fully saturated rings. The Balaban J connectivity index is 1.40. The van der Waals surface area contributed by atoms with E-state index >= 15 is 0 Å². The molecule has 40 heavy (non-hydrogen) atoms. The Morgan fingerprint density at radius 1 is 1.02 bits per heavy atom. The van der Waals surface area contributed by atoms with Crippen LogP contribution in [0.5, 0.6) is 0 Å². The lowest BCUT2D eigenvalue weighted by Gasteiger charge is -2.18. The maximum Gasteiger partial charge on any atom is 0.339 e. The van der Waals surface area contributed by atoms with Gasteiger partial charge < -0.3 is 10.1 Å². The minimum absolute atomic E-state index is 0.0668. The predicted octanol–water partition coefficient (Wildman–Crippen LogP) is 6.72. The summed E-state index contributed by atoms with van der Waals surface area (Å²) in [6.07, 6.45) is 3.47. The van der Waals surface area contributed by atoms with Gasteiger partial charge in [0.25, 0.3) is 11.6 Å². The highest BCUT2D eigenvalue weighted by molar-refractivity contribution is 6.08. The summed E-state index contributed by atoms with van der Waals surface area (Å²) in [5.41, 5.74) is 6.18. The summed E-state index contributed by atoms with van der Waals surface area (Å²) < 4.78 is 5.44. The van der Waals surface area contributed by atoms with Crippen molar-refractivity contribution in [3.63, 3.8) is 0 Å². The molecule has 1 N–H and O–H groups in total. The van der Waals surface area contributed by atoms with Crippen LogP contribution in [0.15, 0.2) is 72.8 Å². The van der Waals surface area contributed by atoms with Crippen LogP contribution in [0.4, 0.5) is 11.4 Å². The third-order valence-electron chi connectivity index (χ3n) is 6.94. The summed E-state index contributed by atoms with van der Waals surface area (Å²) in [6.45, 7) is 6.01. The molecule has 8 heteroatoms. The quantitative estimate of drug-likeness (QED) is 0.167. The normalized spacial score (nSPS) is 13.7. The maximum absolute atomic E-state index is 13.4. The Morgan fingerprint density at radius 3 is 2.50 bits per heavy atom. The molecule has 0 atom stereocenters. The number of anilines is 1. The van der Waals surface area contributed by atoms with E-state index in [1.807, 2.05) is 24.3 Å². The second-order valence-electron chi connectivity index (χ2n) is 10.8. The number of non-ortho nitro benzene ring substituents is 1. The number of nitrogens with one attached hydrogen (secondary N) is 1. The molecule has 1 amide bonds. The molecule has 0 bridgehead atoms. The van der Waals surface area contributed by atoms with Gasteiger partial charge in [0, 0.05) is 23.2 Å². The van der Waals surface area contributed by atoms with Gasteiger partial charge in [-0.05, 0) is 58.7 Å². The number of pyridine rings is 1. The van der Waals surface area contributed by atoms with Gasteiger partial charge in [-0.15, -0.1) is 0 Å². The summed E-state index contributed by atoms with van der Waals surface area (Å²) in [5.74, 6) is -1.21. The van der Waals surface area contributed by atoms with Crippen LogP contribution in [0.25, 0.3) is 22.6 Å². The van der Waals surface area contributed by atoms with Crippen molar-refractivity contribution >= 4 is 45.8 Å². The lowest BCUT2D eigenvalue weighted by Crippen LogP contribution is -2.21. The van der Waals surface area contributed by atoms with Crippen molar-refractivity contribution in [2.45, 2.75) is 39.0 Å². The number of carbonyl (C=O) groups is 2. The van der Waals surface area contributed by atoms with Crippen LogP contribution in [0.2, 0.25) is 0 Å². The summed E-state index contributed by atoms with van der Waals surface area (Å²) in [6, 6.07) is 21.4. The number of allylic oxidation sites excluding steroid dienone is 1. The van der Waals surface area contributed by atoms with E-state index in [0.29, 0.717) is 22.9 Å². The zero-order valence-corrected chi connectivity index (χ0v) is 22.6. The van der Waals surface area contributed by atoms with Gasteiger partial charge in [0.05, 0.1) is 21.7 Å². The van der Waals surface area contributed by atoms with E-state index in [1.165, 1.54) is 29.8 Å². The third kappa shape index (κ3) is 5.61. The van der Waals surface area contributed by atoms with Crippen LogP contribution in [0, 0.1) is 10.1 Å². The van der Waals surface area contributed by atoms with E-state index < -0.39 is 23.4 Å². The van der Waals surface area contributed by atoms with Crippen LogP contribution >= 0.6 is 0 Å². The van der Waals surface area contributed by atoms with Crippen LogP contribution in [0.1, 0.15) is 59.9 Å². The minimum Gasteiger partial charge on any atom is -0.452 e. The van der Waals surface area contributed by atoms with Crippen molar-refractivity contribution < 1.29 is 19.2 Å². The molecule has 5 rings (SSSR count). The number of nitrogens with zero attached hydrogens (tertiary/aromatic N) is 2. The SMILES string of the molecule is CC(C)(C)c1ccc(/C=C2\CCc3c2nc2ccccc2c3C(=O)OCC(=O)Nc2cccc([N+](=O)[O-])c2)cc1. The number of rotatable bonds is 6. The van der Waals surface area contributed by atoms with Gasteiger partial charge in [0.2, 0.25) is 0 Å². The van der Waals surface area contributed by atoms with Gasteiger partial charge in [-0.1, -0.05) is 69.3 Å². The van der Waals surface area contributed by atoms with E-state index in [1.54, 1.807) is 0 Å². The Hall–Kier alpha value is -4.85. The first-order valence-corrected chi connectivity index (χ1v) is 13.0. The molecule has 1 aliphatic carbocycles. The number of nitro benzene ring substituents is 1. The zero-order chi connectivity index (χ0) is 28.4. The Labute approximate surface area is 231 Å². The molecule has 202 valence electrons. The van der Waals surface area contributed by atoms with Crippen molar-refractivity contribution in [2.75, 3.05) is 11.9 Å². The van der Waals surface area contributed by atoms with Crippen LogP contribution < -0.4 is 5.32 Å². The van der Waals surface area contributed by atoms with Crippen molar-refractivity contribution in [2.24, 2.45) is 0 Å². The smallest absolute Gasteiger partial charge is 0.339 e. The Kier molecular flexibility index (Phi) is 7.17. The molecular formula is C32H29N3O5. The first-order chi connectivity index (χ1) is 19.1. The number of esters is 1. The molecule has 0 saturated carbocycles. The number of hydrogen-bond donors (Lipinski definition) is 1. The lowest BCUT2D eigenvalue weighted by molar-refractivity contribution is -0.384. The van der Waals surface area contributed by atoms with Gasteiger partial charge in [-0.25, -0.2) is 9.78 Å². The fourth-order valence-corrected chi connectivity index (χ4v) is 4.89. The number of nitro groups is 1. The molecule has 1 aromatic heterocycles. The fraction of sp³-hybridized carbons (Fsp3) is 0.219. The average Bonchev–Trinajstić information content (AvgIpc) is 3.32. The number of hydrogen-bond acceptors (Lipinski definition) is 6. The van der Waals surface area contributed by atoms with Gasteiger partial charge in [0.1, 0.15) is 0 Å². The monoisotopic (exact) mass is 535 g/mol. The molecule has 0 saturated heterocycles. The number of benzene rings is 3.